The van der Waals surface area contributed by atoms with Crippen LogP contribution in [0.15, 0.2) is 36.4 Å². The van der Waals surface area contributed by atoms with Gasteiger partial charge in [-0.2, -0.15) is 0 Å². The average Bonchev–Trinajstić information content (AvgIpc) is 2.84. The Balaban J connectivity index is 1.55. The smallest absolute Gasteiger partial charge is 0.252 e. The van der Waals surface area contributed by atoms with Gasteiger partial charge < -0.3 is 20.3 Å². The van der Waals surface area contributed by atoms with Crippen molar-refractivity contribution < 1.29 is 14.3 Å². The summed E-state index contributed by atoms with van der Waals surface area (Å²) in [6.07, 6.45) is 3.59. The van der Waals surface area contributed by atoms with Crippen LogP contribution in [0.25, 0.3) is 0 Å². The Morgan fingerprint density at radius 1 is 1.27 bits per heavy atom. The fourth-order valence-corrected chi connectivity index (χ4v) is 6.03. The van der Waals surface area contributed by atoms with Crippen molar-refractivity contribution in [2.75, 3.05) is 20.2 Å². The zero-order valence-corrected chi connectivity index (χ0v) is 19.7. The molecule has 2 amide bonds. The molecular formula is C27H33N3O3. The quantitative estimate of drug-likeness (QED) is 0.750. The summed E-state index contributed by atoms with van der Waals surface area (Å²) in [6, 6.07) is 12.0. The third kappa shape index (κ3) is 3.80. The Morgan fingerprint density at radius 2 is 2.06 bits per heavy atom. The van der Waals surface area contributed by atoms with Gasteiger partial charge in [0.05, 0.1) is 30.7 Å². The molecule has 6 heteroatoms. The molecule has 0 aliphatic carbocycles. The van der Waals surface area contributed by atoms with Gasteiger partial charge >= 0.3 is 0 Å². The van der Waals surface area contributed by atoms with Gasteiger partial charge in [0.1, 0.15) is 5.75 Å². The topological polar surface area (TPSA) is 70.7 Å². The molecule has 3 aliphatic heterocycles. The van der Waals surface area contributed by atoms with Crippen LogP contribution in [0.5, 0.6) is 5.75 Å². The molecule has 0 bridgehead atoms. The minimum absolute atomic E-state index is 0.0614. The molecule has 0 spiro atoms. The molecule has 2 N–H and O–H groups in total. The van der Waals surface area contributed by atoms with Gasteiger partial charge in [-0.15, -0.1) is 0 Å². The second kappa shape index (κ2) is 8.82. The Labute approximate surface area is 195 Å². The first-order valence-corrected chi connectivity index (χ1v) is 12.1. The van der Waals surface area contributed by atoms with E-state index in [-0.39, 0.29) is 35.9 Å². The number of hydrogen-bond acceptors (Lipinski definition) is 4. The Hall–Kier alpha value is -2.86. The van der Waals surface area contributed by atoms with Crippen molar-refractivity contribution >= 4 is 11.8 Å². The van der Waals surface area contributed by atoms with Crippen LogP contribution in [0, 0.1) is 12.8 Å². The summed E-state index contributed by atoms with van der Waals surface area (Å²) < 4.78 is 5.66. The number of rotatable bonds is 4. The number of piperidine rings is 2. The molecule has 2 aromatic carbocycles. The van der Waals surface area contributed by atoms with Crippen LogP contribution >= 0.6 is 0 Å². The molecule has 3 aliphatic rings. The summed E-state index contributed by atoms with van der Waals surface area (Å²) in [5.74, 6) is 0.931. The van der Waals surface area contributed by atoms with E-state index in [0.29, 0.717) is 12.1 Å². The third-order valence-electron chi connectivity index (χ3n) is 7.75. The highest BCUT2D eigenvalue weighted by molar-refractivity contribution is 5.99. The van der Waals surface area contributed by atoms with E-state index in [9.17, 15) is 9.59 Å². The van der Waals surface area contributed by atoms with Gasteiger partial charge in [0.2, 0.25) is 5.91 Å². The lowest BCUT2D eigenvalue weighted by atomic mass is 9.75. The summed E-state index contributed by atoms with van der Waals surface area (Å²) in [5, 5.41) is 6.79. The second-order valence-corrected chi connectivity index (χ2v) is 9.60. The molecule has 5 rings (SSSR count). The molecule has 0 aromatic heterocycles. The van der Waals surface area contributed by atoms with Crippen LogP contribution in [-0.2, 0) is 11.2 Å². The van der Waals surface area contributed by atoms with Crippen LogP contribution in [0.3, 0.4) is 0 Å². The standard InChI is InChI=1S/C27H33N3O3/c1-16-23(33-3)14-19-11-13-30-22(15-21-20(27(30)32)10-7-12-28-21)25(19)24(16)26(31)29-17(2)18-8-5-4-6-9-18/h4-6,8-9,14,17,20-22,28H,7,10-13,15H2,1-3H3,(H,29,31)/t17-,20+,21+,22-/m1/s1. The molecule has 174 valence electrons. The van der Waals surface area contributed by atoms with Gasteiger partial charge in [-0.3, -0.25) is 9.59 Å². The van der Waals surface area contributed by atoms with Crippen LogP contribution in [0.4, 0.5) is 0 Å². The number of methoxy groups -OCH3 is 1. The first-order valence-electron chi connectivity index (χ1n) is 12.1. The first kappa shape index (κ1) is 22.0. The number of benzene rings is 2. The maximum absolute atomic E-state index is 13.7. The molecule has 0 unspecified atom stereocenters. The van der Waals surface area contributed by atoms with Gasteiger partial charge in [-0.1, -0.05) is 30.3 Å². The van der Waals surface area contributed by atoms with E-state index in [1.54, 1.807) is 7.11 Å². The van der Waals surface area contributed by atoms with E-state index >= 15 is 0 Å². The molecule has 33 heavy (non-hydrogen) atoms. The largest absolute Gasteiger partial charge is 0.496 e. The number of ether oxygens (including phenoxy) is 1. The number of carbonyl (C=O) groups excluding carboxylic acids is 2. The number of nitrogens with zero attached hydrogens (tertiary/aromatic N) is 1. The monoisotopic (exact) mass is 447 g/mol. The zero-order chi connectivity index (χ0) is 23.1. The Bertz CT molecular complexity index is 1070. The highest BCUT2D eigenvalue weighted by Gasteiger charge is 2.46. The molecule has 0 saturated carbocycles. The van der Waals surface area contributed by atoms with Crippen LogP contribution < -0.4 is 15.4 Å². The maximum atomic E-state index is 13.7. The number of carbonyl (C=O) groups is 2. The zero-order valence-electron chi connectivity index (χ0n) is 19.7. The van der Waals surface area contributed by atoms with Crippen molar-refractivity contribution in [1.29, 1.82) is 0 Å². The molecule has 2 aromatic rings. The molecular weight excluding hydrogens is 414 g/mol. The van der Waals surface area contributed by atoms with E-state index in [4.69, 9.17) is 4.74 Å². The van der Waals surface area contributed by atoms with E-state index in [1.807, 2.05) is 49.1 Å². The maximum Gasteiger partial charge on any atom is 0.252 e. The lowest BCUT2D eigenvalue weighted by molar-refractivity contribution is -0.145. The first-order chi connectivity index (χ1) is 16.0. The summed E-state index contributed by atoms with van der Waals surface area (Å²) in [7, 11) is 1.65. The number of amides is 2. The van der Waals surface area contributed by atoms with E-state index in [0.717, 1.165) is 60.2 Å². The lowest BCUT2D eigenvalue weighted by Gasteiger charge is -2.49. The van der Waals surface area contributed by atoms with Crippen molar-refractivity contribution in [3.8, 4) is 5.75 Å². The van der Waals surface area contributed by atoms with Gasteiger partial charge in [-0.25, -0.2) is 0 Å². The van der Waals surface area contributed by atoms with E-state index in [1.165, 1.54) is 0 Å². The molecule has 2 fully saturated rings. The minimum atomic E-state index is -0.128. The SMILES string of the molecule is COc1cc2c(c(C(=O)N[C@H](C)c3ccccc3)c1C)[C@H]1C[C@@H]3NCCC[C@@H]3C(=O)N1CC2. The van der Waals surface area contributed by atoms with Crippen molar-refractivity contribution in [2.24, 2.45) is 5.92 Å². The predicted octanol–water partition coefficient (Wildman–Crippen LogP) is 3.69. The Kier molecular flexibility index (Phi) is 5.87. The molecule has 6 nitrogen and oxygen atoms in total. The predicted molar refractivity (Wildman–Crippen MR) is 127 cm³/mol. The molecule has 0 radical (unpaired) electrons. The normalized spacial score (nSPS) is 24.9. The molecule has 4 atom stereocenters. The van der Waals surface area contributed by atoms with Crippen LogP contribution in [0.1, 0.15) is 70.9 Å². The van der Waals surface area contributed by atoms with Gasteiger partial charge in [0, 0.05) is 18.2 Å². The van der Waals surface area contributed by atoms with E-state index in [2.05, 4.69) is 16.7 Å². The number of nitrogens with one attached hydrogen (secondary N) is 2. The highest BCUT2D eigenvalue weighted by Crippen LogP contribution is 2.45. The average molecular weight is 448 g/mol. The van der Waals surface area contributed by atoms with Gasteiger partial charge in [-0.05, 0) is 68.8 Å². The third-order valence-corrected chi connectivity index (χ3v) is 7.75. The minimum Gasteiger partial charge on any atom is -0.496 e. The summed E-state index contributed by atoms with van der Waals surface area (Å²) in [5.41, 5.74) is 4.70. The summed E-state index contributed by atoms with van der Waals surface area (Å²) in [6.45, 7) is 5.61. The second-order valence-electron chi connectivity index (χ2n) is 9.60. The molecule has 3 heterocycles. The van der Waals surface area contributed by atoms with Crippen LogP contribution in [-0.4, -0.2) is 43.0 Å². The number of fused-ring (bicyclic) bond motifs is 4. The Morgan fingerprint density at radius 3 is 2.82 bits per heavy atom. The van der Waals surface area contributed by atoms with Crippen molar-refractivity contribution in [1.82, 2.24) is 15.5 Å². The summed E-state index contributed by atoms with van der Waals surface area (Å²) in [4.78, 5) is 29.2. The van der Waals surface area contributed by atoms with Crippen LogP contribution in [0.2, 0.25) is 0 Å². The van der Waals surface area contributed by atoms with E-state index < -0.39 is 0 Å². The van der Waals surface area contributed by atoms with Gasteiger partial charge in [0.15, 0.2) is 0 Å². The fourth-order valence-electron chi connectivity index (χ4n) is 6.03. The van der Waals surface area contributed by atoms with Crippen molar-refractivity contribution in [3.63, 3.8) is 0 Å². The van der Waals surface area contributed by atoms with Crippen molar-refractivity contribution in [3.05, 3.63) is 64.2 Å². The fraction of sp³-hybridized carbons (Fsp3) is 0.481. The van der Waals surface area contributed by atoms with Gasteiger partial charge in [0.25, 0.3) is 5.91 Å². The molecule has 2 saturated heterocycles. The highest BCUT2D eigenvalue weighted by atomic mass is 16.5. The summed E-state index contributed by atoms with van der Waals surface area (Å²) >= 11 is 0. The van der Waals surface area contributed by atoms with Crippen molar-refractivity contribution in [2.45, 2.75) is 57.7 Å². The number of hydrogen-bond donors (Lipinski definition) is 2. The lowest BCUT2D eigenvalue weighted by Crippen LogP contribution is -2.58.